The fourth-order valence-corrected chi connectivity index (χ4v) is 5.47. The van der Waals surface area contributed by atoms with E-state index in [1.165, 1.54) is 17.7 Å². The summed E-state index contributed by atoms with van der Waals surface area (Å²) in [7, 11) is 3.48. The Bertz CT molecular complexity index is 1350. The summed E-state index contributed by atoms with van der Waals surface area (Å²) in [5.41, 5.74) is 4.86. The van der Waals surface area contributed by atoms with Gasteiger partial charge in [-0.2, -0.15) is 0 Å². The van der Waals surface area contributed by atoms with Gasteiger partial charge in [-0.1, -0.05) is 36.0 Å². The maximum Gasteiger partial charge on any atom is 0.337 e. The second-order valence-electron chi connectivity index (χ2n) is 9.26. The van der Waals surface area contributed by atoms with Crippen LogP contribution >= 0.6 is 11.8 Å². The first-order chi connectivity index (χ1) is 19.0. The number of fused-ring (bicyclic) bond motifs is 1. The van der Waals surface area contributed by atoms with Crippen molar-refractivity contribution in [2.75, 3.05) is 25.7 Å². The molecular weight excluding hydrogens is 508 g/mol. The monoisotopic (exact) mass is 543 g/mol. The molecule has 0 saturated heterocycles. The zero-order chi connectivity index (χ0) is 27.6. The number of esters is 2. The van der Waals surface area contributed by atoms with Crippen molar-refractivity contribution >= 4 is 41.0 Å². The quantitative estimate of drug-likeness (QED) is 0.156. The molecule has 0 saturated carbocycles. The molecule has 4 rings (SSSR count). The smallest absolute Gasteiger partial charge is 0.337 e. The van der Waals surface area contributed by atoms with Gasteiger partial charge in [0.05, 0.1) is 30.0 Å². The summed E-state index contributed by atoms with van der Waals surface area (Å²) in [6.07, 6.45) is 11.9. The summed E-state index contributed by atoms with van der Waals surface area (Å²) in [5, 5.41) is 1.13. The van der Waals surface area contributed by atoms with Crippen molar-refractivity contribution in [3.05, 3.63) is 101 Å². The SMILES string of the molecule is CCOC(=O)CCCCC[n+]1ccc(/C=C(/C=C2/Sc3ccccc3N2C)c2ccc(C(=O)OC)cc2)cc1. The first kappa shape index (κ1) is 28.2. The second kappa shape index (κ2) is 13.8. The van der Waals surface area contributed by atoms with Crippen molar-refractivity contribution in [1.29, 1.82) is 0 Å². The van der Waals surface area contributed by atoms with Gasteiger partial charge in [-0.05, 0) is 72.9 Å². The third kappa shape index (κ3) is 7.60. The van der Waals surface area contributed by atoms with E-state index in [-0.39, 0.29) is 11.9 Å². The summed E-state index contributed by atoms with van der Waals surface area (Å²) in [6, 6.07) is 20.1. The van der Waals surface area contributed by atoms with Gasteiger partial charge < -0.3 is 14.4 Å². The highest BCUT2D eigenvalue weighted by Gasteiger charge is 2.21. The summed E-state index contributed by atoms with van der Waals surface area (Å²) in [6.45, 7) is 3.17. The topological polar surface area (TPSA) is 59.7 Å². The molecule has 0 N–H and O–H groups in total. The Labute approximate surface area is 234 Å². The number of hydrogen-bond donors (Lipinski definition) is 0. The van der Waals surface area contributed by atoms with Gasteiger partial charge in [0.15, 0.2) is 12.4 Å². The van der Waals surface area contributed by atoms with Gasteiger partial charge in [0.1, 0.15) is 6.54 Å². The number of allylic oxidation sites excluding steroid dienone is 2. The van der Waals surface area contributed by atoms with E-state index in [2.05, 4.69) is 77.5 Å². The molecule has 0 aliphatic carbocycles. The zero-order valence-corrected chi connectivity index (χ0v) is 23.6. The molecule has 1 aliphatic rings. The number of unbranched alkanes of at least 4 members (excludes halogenated alkanes) is 2. The van der Waals surface area contributed by atoms with Gasteiger partial charge in [0.25, 0.3) is 0 Å². The van der Waals surface area contributed by atoms with E-state index in [4.69, 9.17) is 9.47 Å². The minimum Gasteiger partial charge on any atom is -0.466 e. The number of nitrogens with zero attached hydrogens (tertiary/aromatic N) is 2. The molecule has 1 aliphatic heterocycles. The van der Waals surface area contributed by atoms with E-state index in [0.29, 0.717) is 18.6 Å². The number of thioether (sulfide) groups is 1. The standard InChI is InChI=1S/C32H35N2O4S/c1-4-38-31(35)12-6-5-9-19-34-20-17-24(18-21-34)22-27(25-13-15-26(16-14-25)32(36)37-3)23-30-33(2)28-10-7-8-11-29(28)39-30/h7-8,10-11,13-18,20-23H,4-6,9,12,19H2,1-3H3/q+1. The van der Waals surface area contributed by atoms with Crippen LogP contribution in [0.4, 0.5) is 5.69 Å². The van der Waals surface area contributed by atoms with Gasteiger partial charge in [0.2, 0.25) is 0 Å². The lowest BCUT2D eigenvalue weighted by Crippen LogP contribution is -2.32. The number of pyridine rings is 1. The molecule has 0 fully saturated rings. The van der Waals surface area contributed by atoms with Crippen LogP contribution in [0.5, 0.6) is 0 Å². The first-order valence-electron chi connectivity index (χ1n) is 13.3. The molecule has 0 radical (unpaired) electrons. The number of aromatic nitrogens is 1. The van der Waals surface area contributed by atoms with Crippen LogP contribution in [0.2, 0.25) is 0 Å². The summed E-state index contributed by atoms with van der Waals surface area (Å²) < 4.78 is 12.0. The lowest BCUT2D eigenvalue weighted by molar-refractivity contribution is -0.697. The Hall–Kier alpha value is -3.84. The number of ether oxygens (including phenoxy) is 2. The second-order valence-corrected chi connectivity index (χ2v) is 10.3. The molecule has 3 aromatic rings. The van der Waals surface area contributed by atoms with Gasteiger partial charge in [-0.25, -0.2) is 9.36 Å². The average molecular weight is 544 g/mol. The Morgan fingerprint density at radius 3 is 2.36 bits per heavy atom. The molecule has 2 heterocycles. The van der Waals surface area contributed by atoms with Crippen molar-refractivity contribution in [3.8, 4) is 0 Å². The molecule has 0 bridgehead atoms. The van der Waals surface area contributed by atoms with Crippen LogP contribution < -0.4 is 9.47 Å². The van der Waals surface area contributed by atoms with E-state index in [1.54, 1.807) is 23.9 Å². The third-order valence-corrected chi connectivity index (χ3v) is 7.70. The summed E-state index contributed by atoms with van der Waals surface area (Å²) in [5.74, 6) is -0.460. The maximum absolute atomic E-state index is 12.0. The fourth-order valence-electron chi connectivity index (χ4n) is 4.37. The Balaban J connectivity index is 1.51. The lowest BCUT2D eigenvalue weighted by Gasteiger charge is -2.14. The molecule has 0 spiro atoms. The van der Waals surface area contributed by atoms with Gasteiger partial charge in [-0.15, -0.1) is 0 Å². The highest BCUT2D eigenvalue weighted by Crippen LogP contribution is 2.45. The molecule has 0 amide bonds. The largest absolute Gasteiger partial charge is 0.466 e. The van der Waals surface area contributed by atoms with Crippen LogP contribution in [0.3, 0.4) is 0 Å². The predicted octanol–water partition coefficient (Wildman–Crippen LogP) is 6.51. The first-order valence-corrected chi connectivity index (χ1v) is 14.1. The number of methoxy groups -OCH3 is 1. The number of para-hydroxylation sites is 1. The van der Waals surface area contributed by atoms with Crippen molar-refractivity contribution in [2.45, 2.75) is 44.0 Å². The molecule has 2 aromatic carbocycles. The van der Waals surface area contributed by atoms with Crippen LogP contribution in [0.15, 0.2) is 89.1 Å². The normalized spacial score (nSPS) is 13.9. The molecule has 0 unspecified atom stereocenters. The Kier molecular flexibility index (Phi) is 9.97. The highest BCUT2D eigenvalue weighted by atomic mass is 32.2. The van der Waals surface area contributed by atoms with Gasteiger partial charge in [-0.3, -0.25) is 4.79 Å². The molecule has 39 heavy (non-hydrogen) atoms. The van der Waals surface area contributed by atoms with Crippen LogP contribution in [0.1, 0.15) is 54.1 Å². The lowest BCUT2D eigenvalue weighted by atomic mass is 10.0. The maximum atomic E-state index is 12.0. The van der Waals surface area contributed by atoms with Crippen LogP contribution in [0.25, 0.3) is 11.6 Å². The molecule has 7 heteroatoms. The highest BCUT2D eigenvalue weighted by molar-refractivity contribution is 8.03. The van der Waals surface area contributed by atoms with Crippen LogP contribution in [-0.4, -0.2) is 32.7 Å². The van der Waals surface area contributed by atoms with Gasteiger partial charge in [0, 0.05) is 36.9 Å². The van der Waals surface area contributed by atoms with Crippen molar-refractivity contribution in [2.24, 2.45) is 0 Å². The zero-order valence-electron chi connectivity index (χ0n) is 22.8. The van der Waals surface area contributed by atoms with E-state index < -0.39 is 0 Å². The molecule has 202 valence electrons. The summed E-state index contributed by atoms with van der Waals surface area (Å²) >= 11 is 1.75. The van der Waals surface area contributed by atoms with E-state index >= 15 is 0 Å². The molecule has 1 aromatic heterocycles. The Morgan fingerprint density at radius 2 is 1.67 bits per heavy atom. The van der Waals surface area contributed by atoms with E-state index in [1.807, 2.05) is 19.1 Å². The number of anilines is 1. The minimum absolute atomic E-state index is 0.113. The van der Waals surface area contributed by atoms with E-state index in [9.17, 15) is 9.59 Å². The predicted molar refractivity (Wildman–Crippen MR) is 156 cm³/mol. The number of benzene rings is 2. The van der Waals surface area contributed by atoms with Crippen molar-refractivity contribution in [1.82, 2.24) is 0 Å². The Morgan fingerprint density at radius 1 is 0.949 bits per heavy atom. The summed E-state index contributed by atoms with van der Waals surface area (Å²) in [4.78, 5) is 26.9. The number of carbonyl (C=O) groups excluding carboxylic acids is 2. The molecular formula is C32H35N2O4S+. The van der Waals surface area contributed by atoms with Crippen molar-refractivity contribution < 1.29 is 23.6 Å². The minimum atomic E-state index is -0.347. The molecule has 0 atom stereocenters. The molecule has 6 nitrogen and oxygen atoms in total. The number of carbonyl (C=O) groups is 2. The van der Waals surface area contributed by atoms with Crippen LogP contribution in [-0.2, 0) is 20.8 Å². The van der Waals surface area contributed by atoms with E-state index in [0.717, 1.165) is 47.5 Å². The fraction of sp³-hybridized carbons (Fsp3) is 0.281. The number of aryl methyl sites for hydroxylation is 1. The van der Waals surface area contributed by atoms with Crippen LogP contribution in [0, 0.1) is 0 Å². The number of rotatable bonds is 11. The van der Waals surface area contributed by atoms with Gasteiger partial charge >= 0.3 is 11.9 Å². The number of hydrogen-bond acceptors (Lipinski definition) is 6. The van der Waals surface area contributed by atoms with Crippen molar-refractivity contribution in [3.63, 3.8) is 0 Å². The third-order valence-electron chi connectivity index (χ3n) is 6.53. The average Bonchev–Trinajstić information content (AvgIpc) is 3.28.